The molecule has 1 atom stereocenters. The third-order valence-electron chi connectivity index (χ3n) is 2.88. The summed E-state index contributed by atoms with van der Waals surface area (Å²) >= 11 is 11.1. The fourth-order valence-corrected chi connectivity index (χ4v) is 3.76. The molecule has 0 saturated carbocycles. The normalized spacial score (nSPS) is 13.5. The van der Waals surface area contributed by atoms with Crippen LogP contribution in [0.1, 0.15) is 26.4 Å². The average molecular weight is 384 g/mol. The van der Waals surface area contributed by atoms with E-state index in [0.29, 0.717) is 6.42 Å². The molecule has 1 unspecified atom stereocenters. The minimum Gasteiger partial charge on any atom is -0.166 e. The van der Waals surface area contributed by atoms with E-state index < -0.39 is 11.7 Å². The zero-order chi connectivity index (χ0) is 14.9. The number of halogens is 5. The number of alkyl halides is 4. The van der Waals surface area contributed by atoms with Crippen molar-refractivity contribution in [1.82, 2.24) is 0 Å². The molecule has 0 nitrogen and oxygen atoms in total. The van der Waals surface area contributed by atoms with Crippen LogP contribution in [-0.2, 0) is 12.6 Å². The van der Waals surface area contributed by atoms with Gasteiger partial charge in [-0.1, -0.05) is 39.7 Å². The summed E-state index contributed by atoms with van der Waals surface area (Å²) < 4.78 is 38.2. The van der Waals surface area contributed by atoms with Crippen molar-refractivity contribution in [2.75, 3.05) is 0 Å². The highest BCUT2D eigenvalue weighted by molar-refractivity contribution is 9.09. The summed E-state index contributed by atoms with van der Waals surface area (Å²) in [6.07, 6.45) is -3.67. The average Bonchev–Trinajstić information content (AvgIpc) is 2.69. The fourth-order valence-electron chi connectivity index (χ4n) is 1.78. The summed E-state index contributed by atoms with van der Waals surface area (Å²) in [6, 6.07) is 7.25. The van der Waals surface area contributed by atoms with Gasteiger partial charge in [0.2, 0.25) is 0 Å². The molecule has 0 fully saturated rings. The molecule has 2 rings (SSSR count). The fraction of sp³-hybridized carbons (Fsp3) is 0.286. The Morgan fingerprint density at radius 1 is 1.25 bits per heavy atom. The van der Waals surface area contributed by atoms with Crippen molar-refractivity contribution in [3.8, 4) is 0 Å². The number of hydrogen-bond acceptors (Lipinski definition) is 1. The molecule has 1 aromatic carbocycles. The van der Waals surface area contributed by atoms with E-state index >= 15 is 0 Å². The zero-order valence-electron chi connectivity index (χ0n) is 10.5. The molecule has 1 aromatic heterocycles. The van der Waals surface area contributed by atoms with Crippen LogP contribution in [0.5, 0.6) is 0 Å². The van der Waals surface area contributed by atoms with E-state index in [1.54, 1.807) is 0 Å². The van der Waals surface area contributed by atoms with Gasteiger partial charge in [-0.15, -0.1) is 11.3 Å². The molecule has 0 saturated heterocycles. The van der Waals surface area contributed by atoms with Gasteiger partial charge in [0.25, 0.3) is 0 Å². The van der Waals surface area contributed by atoms with E-state index in [-0.39, 0.29) is 4.83 Å². The first-order valence-corrected chi connectivity index (χ1v) is 7.94. The third-order valence-corrected chi connectivity index (χ3v) is 5.67. The van der Waals surface area contributed by atoms with Crippen LogP contribution in [-0.4, -0.2) is 0 Å². The molecule has 0 N–H and O–H groups in total. The van der Waals surface area contributed by atoms with Crippen LogP contribution in [0.15, 0.2) is 30.3 Å². The lowest BCUT2D eigenvalue weighted by molar-refractivity contribution is -0.137. The molecule has 0 bridgehead atoms. The largest absolute Gasteiger partial charge is 0.416 e. The van der Waals surface area contributed by atoms with Crippen LogP contribution < -0.4 is 0 Å². The molecule has 0 aliphatic carbocycles. The van der Waals surface area contributed by atoms with Crippen LogP contribution >= 0.6 is 38.9 Å². The van der Waals surface area contributed by atoms with Crippen molar-refractivity contribution < 1.29 is 13.2 Å². The molecular formula is C14H11BrClF3S. The van der Waals surface area contributed by atoms with Gasteiger partial charge in [0.1, 0.15) is 0 Å². The first-order chi connectivity index (χ1) is 9.27. The van der Waals surface area contributed by atoms with E-state index in [1.165, 1.54) is 23.5 Å². The van der Waals surface area contributed by atoms with Crippen molar-refractivity contribution in [3.63, 3.8) is 0 Å². The second-order valence-electron chi connectivity index (χ2n) is 4.47. The highest BCUT2D eigenvalue weighted by atomic mass is 79.9. The third kappa shape index (κ3) is 3.77. The molecule has 1 heterocycles. The zero-order valence-corrected chi connectivity index (χ0v) is 13.6. The molecule has 0 aliphatic heterocycles. The first kappa shape index (κ1) is 15.9. The quantitative estimate of drug-likeness (QED) is 0.537. The molecule has 20 heavy (non-hydrogen) atoms. The number of hydrogen-bond donors (Lipinski definition) is 0. The molecule has 0 radical (unpaired) electrons. The molecule has 108 valence electrons. The van der Waals surface area contributed by atoms with E-state index in [9.17, 15) is 13.2 Å². The minimum absolute atomic E-state index is 0.0513. The lowest BCUT2D eigenvalue weighted by atomic mass is 10.1. The van der Waals surface area contributed by atoms with Crippen molar-refractivity contribution >= 4 is 38.9 Å². The van der Waals surface area contributed by atoms with Crippen molar-refractivity contribution in [2.45, 2.75) is 24.3 Å². The Labute approximate surface area is 132 Å². The van der Waals surface area contributed by atoms with Crippen LogP contribution in [0.2, 0.25) is 4.34 Å². The molecule has 2 aromatic rings. The van der Waals surface area contributed by atoms with E-state index in [1.807, 2.05) is 13.0 Å². The predicted molar refractivity (Wildman–Crippen MR) is 80.9 cm³/mol. The van der Waals surface area contributed by atoms with Crippen molar-refractivity contribution in [3.05, 3.63) is 56.2 Å². The van der Waals surface area contributed by atoms with E-state index in [4.69, 9.17) is 11.6 Å². The highest BCUT2D eigenvalue weighted by Crippen LogP contribution is 2.37. The van der Waals surface area contributed by atoms with Gasteiger partial charge in [-0.2, -0.15) is 13.2 Å². The molecule has 0 aliphatic rings. The Hall–Kier alpha value is -0.520. The Balaban J connectivity index is 2.10. The van der Waals surface area contributed by atoms with Crippen LogP contribution in [0, 0.1) is 6.92 Å². The van der Waals surface area contributed by atoms with Gasteiger partial charge in [0, 0.05) is 4.88 Å². The van der Waals surface area contributed by atoms with Gasteiger partial charge >= 0.3 is 6.18 Å². The van der Waals surface area contributed by atoms with Crippen LogP contribution in [0.3, 0.4) is 0 Å². The maximum Gasteiger partial charge on any atom is 0.416 e. The first-order valence-electron chi connectivity index (χ1n) is 5.83. The Morgan fingerprint density at radius 2 is 1.85 bits per heavy atom. The monoisotopic (exact) mass is 382 g/mol. The number of aryl methyl sites for hydroxylation is 1. The second kappa shape index (κ2) is 6.08. The number of thiophene rings is 1. The second-order valence-corrected chi connectivity index (χ2v) is 7.26. The van der Waals surface area contributed by atoms with E-state index in [0.717, 1.165) is 32.5 Å². The Kier molecular flexibility index (Phi) is 4.82. The van der Waals surface area contributed by atoms with Gasteiger partial charge in [0.15, 0.2) is 0 Å². The summed E-state index contributed by atoms with van der Waals surface area (Å²) in [5.41, 5.74) is 1.24. The summed E-state index contributed by atoms with van der Waals surface area (Å²) in [5, 5.41) is 0. The maximum atomic E-state index is 12.5. The summed E-state index contributed by atoms with van der Waals surface area (Å²) in [4.78, 5) is 1.13. The predicted octanol–water partition coefficient (Wildman–Crippen LogP) is 6.41. The number of rotatable bonds is 3. The smallest absolute Gasteiger partial charge is 0.166 e. The number of benzene rings is 1. The molecule has 0 amide bonds. The topological polar surface area (TPSA) is 0 Å². The van der Waals surface area contributed by atoms with Crippen LogP contribution in [0.25, 0.3) is 0 Å². The molecular weight excluding hydrogens is 373 g/mol. The minimum atomic E-state index is -4.29. The van der Waals surface area contributed by atoms with Crippen LogP contribution in [0.4, 0.5) is 13.2 Å². The Morgan fingerprint density at radius 3 is 2.30 bits per heavy atom. The SMILES string of the molecule is Cc1cc(C(Br)Cc2ccc(C(F)(F)F)cc2)sc1Cl. The van der Waals surface area contributed by atoms with Crippen molar-refractivity contribution in [2.24, 2.45) is 0 Å². The van der Waals surface area contributed by atoms with Gasteiger partial charge in [0.05, 0.1) is 14.7 Å². The van der Waals surface area contributed by atoms with Gasteiger partial charge in [-0.25, -0.2) is 0 Å². The van der Waals surface area contributed by atoms with Gasteiger partial charge < -0.3 is 0 Å². The molecule has 6 heteroatoms. The standard InChI is InChI=1S/C14H11BrClF3S/c1-8-6-12(20-13(8)16)11(15)7-9-2-4-10(5-3-9)14(17,18)19/h2-6,11H,7H2,1H3. The maximum absolute atomic E-state index is 12.5. The van der Waals surface area contributed by atoms with Gasteiger partial charge in [-0.3, -0.25) is 0 Å². The van der Waals surface area contributed by atoms with E-state index in [2.05, 4.69) is 15.9 Å². The van der Waals surface area contributed by atoms with Gasteiger partial charge in [-0.05, 0) is 42.7 Å². The summed E-state index contributed by atoms with van der Waals surface area (Å²) in [5.74, 6) is 0. The lowest BCUT2D eigenvalue weighted by Crippen LogP contribution is -2.04. The summed E-state index contributed by atoms with van der Waals surface area (Å²) in [7, 11) is 0. The lowest BCUT2D eigenvalue weighted by Gasteiger charge is -2.10. The summed E-state index contributed by atoms with van der Waals surface area (Å²) in [6.45, 7) is 1.93. The van der Waals surface area contributed by atoms with Crippen molar-refractivity contribution in [1.29, 1.82) is 0 Å². The molecule has 0 spiro atoms. The highest BCUT2D eigenvalue weighted by Gasteiger charge is 2.30. The Bertz CT molecular complexity index is 570.